The average molecular weight is 390 g/mol. The molecule has 0 amide bonds. The number of aliphatic hydroxyl groups is 1. The average Bonchev–Trinajstić information content (AvgIpc) is 2.77. The maximum atomic E-state index is 11.4. The van der Waals surface area contributed by atoms with Crippen molar-refractivity contribution in [1.82, 2.24) is 0 Å². The van der Waals surface area contributed by atoms with E-state index in [1.165, 1.54) is 6.08 Å². The number of hydrogen-bond acceptors (Lipinski definition) is 2. The highest BCUT2D eigenvalue weighted by Gasteiger charge is 2.24. The number of carbonyl (C=O) groups is 1. The molecule has 3 aromatic carbocycles. The second-order valence-electron chi connectivity index (χ2n) is 7.03. The molecule has 0 bridgehead atoms. The molecule has 0 radical (unpaired) electrons. The van der Waals surface area contributed by atoms with Crippen molar-refractivity contribution in [3.63, 3.8) is 0 Å². The van der Waals surface area contributed by atoms with Gasteiger partial charge in [-0.05, 0) is 49.5 Å². The molecule has 3 rings (SSSR count). The largest absolute Gasteiger partial charge is 0.363 e. The molecule has 0 spiro atoms. The zero-order valence-electron chi connectivity index (χ0n) is 17.0. The van der Waals surface area contributed by atoms with Gasteiger partial charge in [-0.2, -0.15) is 0 Å². The maximum Gasteiger partial charge on any atom is 0.214 e. The number of hydrogen-bond donors (Lipinski definition) is 1. The first kappa shape index (κ1) is 20.9. The van der Waals surface area contributed by atoms with Gasteiger partial charge in [0.2, 0.25) is 5.60 Å². The zero-order chi connectivity index (χ0) is 21.4. The van der Waals surface area contributed by atoms with Crippen molar-refractivity contribution in [1.29, 1.82) is 0 Å². The molecule has 1 unspecified atom stereocenters. The van der Waals surface area contributed by atoms with Gasteiger partial charge in [0.15, 0.2) is 0 Å². The molecule has 2 heteroatoms. The van der Waals surface area contributed by atoms with Gasteiger partial charge in [0.25, 0.3) is 0 Å². The van der Waals surface area contributed by atoms with Crippen LogP contribution in [0.4, 0.5) is 0 Å². The van der Waals surface area contributed by atoms with Crippen LogP contribution >= 0.6 is 0 Å². The summed E-state index contributed by atoms with van der Waals surface area (Å²) >= 11 is 0. The number of benzene rings is 3. The Bertz CT molecular complexity index is 1180. The molecule has 0 aliphatic rings. The second kappa shape index (κ2) is 9.57. The van der Waals surface area contributed by atoms with E-state index in [0.717, 1.165) is 22.3 Å². The standard InChI is InChI=1S/C28H22O2/c1-22-11-13-24(14-12-22)15-18-28(30,27-10-6-7-23(2)21-27)19-16-26(17-20-29)25-8-4-3-5-9-25/h3-14,17,20-21,30H,1-2H3/b26-17+. The third-order valence-corrected chi connectivity index (χ3v) is 4.57. The van der Waals surface area contributed by atoms with Crippen molar-refractivity contribution in [2.24, 2.45) is 0 Å². The Morgan fingerprint density at radius 2 is 1.60 bits per heavy atom. The predicted octanol–water partition coefficient (Wildman–Crippen LogP) is 4.83. The predicted molar refractivity (Wildman–Crippen MR) is 121 cm³/mol. The Labute approximate surface area is 177 Å². The van der Waals surface area contributed by atoms with Gasteiger partial charge in [-0.3, -0.25) is 4.79 Å². The molecule has 0 aliphatic carbocycles. The molecular weight excluding hydrogens is 368 g/mol. The first-order valence-corrected chi connectivity index (χ1v) is 9.63. The van der Waals surface area contributed by atoms with Crippen LogP contribution in [0.2, 0.25) is 0 Å². The van der Waals surface area contributed by atoms with Crippen molar-refractivity contribution in [2.45, 2.75) is 19.4 Å². The Balaban J connectivity index is 2.09. The van der Waals surface area contributed by atoms with Crippen molar-refractivity contribution in [3.05, 3.63) is 113 Å². The normalized spacial score (nSPS) is 12.6. The highest BCUT2D eigenvalue weighted by molar-refractivity contribution is 5.89. The lowest BCUT2D eigenvalue weighted by molar-refractivity contribution is -0.104. The van der Waals surface area contributed by atoms with E-state index in [4.69, 9.17) is 0 Å². The molecule has 1 atom stereocenters. The third kappa shape index (κ3) is 5.36. The molecule has 30 heavy (non-hydrogen) atoms. The summed E-state index contributed by atoms with van der Waals surface area (Å²) in [4.78, 5) is 11.1. The van der Waals surface area contributed by atoms with Gasteiger partial charge in [0, 0.05) is 16.7 Å². The van der Waals surface area contributed by atoms with E-state index in [0.29, 0.717) is 17.4 Å². The summed E-state index contributed by atoms with van der Waals surface area (Å²) in [5, 5.41) is 11.4. The van der Waals surface area contributed by atoms with E-state index in [1.807, 2.05) is 86.6 Å². The number of carbonyl (C=O) groups excluding carboxylic acids is 1. The third-order valence-electron chi connectivity index (χ3n) is 4.57. The summed E-state index contributed by atoms with van der Waals surface area (Å²) < 4.78 is 0. The molecule has 146 valence electrons. The maximum absolute atomic E-state index is 11.4. The van der Waals surface area contributed by atoms with Crippen LogP contribution in [0.25, 0.3) is 5.57 Å². The Kier molecular flexibility index (Phi) is 6.66. The fourth-order valence-electron chi connectivity index (χ4n) is 2.90. The highest BCUT2D eigenvalue weighted by Crippen LogP contribution is 2.22. The minimum Gasteiger partial charge on any atom is -0.363 e. The van der Waals surface area contributed by atoms with Gasteiger partial charge in [-0.1, -0.05) is 89.7 Å². The summed E-state index contributed by atoms with van der Waals surface area (Å²) in [5.74, 6) is 11.9. The second-order valence-corrected chi connectivity index (χ2v) is 7.03. The fraction of sp³-hybridized carbons (Fsp3) is 0.107. The molecule has 0 aliphatic heterocycles. The first-order valence-electron chi connectivity index (χ1n) is 9.63. The van der Waals surface area contributed by atoms with Crippen LogP contribution < -0.4 is 0 Å². The zero-order valence-corrected chi connectivity index (χ0v) is 17.0. The van der Waals surface area contributed by atoms with E-state index in [-0.39, 0.29) is 0 Å². The lowest BCUT2D eigenvalue weighted by atomic mass is 9.92. The molecule has 2 nitrogen and oxygen atoms in total. The molecule has 3 aromatic rings. The summed E-state index contributed by atoms with van der Waals surface area (Å²) in [7, 11) is 0. The van der Waals surface area contributed by atoms with Gasteiger partial charge in [-0.15, -0.1) is 0 Å². The Morgan fingerprint density at radius 3 is 2.27 bits per heavy atom. The minimum atomic E-state index is -1.69. The summed E-state index contributed by atoms with van der Waals surface area (Å²) in [6.45, 7) is 3.96. The van der Waals surface area contributed by atoms with E-state index in [2.05, 4.69) is 23.7 Å². The molecular formula is C28H22O2. The van der Waals surface area contributed by atoms with Crippen LogP contribution in [-0.2, 0) is 10.4 Å². The smallest absolute Gasteiger partial charge is 0.214 e. The Morgan fingerprint density at radius 1 is 0.867 bits per heavy atom. The first-order chi connectivity index (χ1) is 14.5. The van der Waals surface area contributed by atoms with E-state index in [1.54, 1.807) is 6.07 Å². The van der Waals surface area contributed by atoms with Crippen LogP contribution in [0, 0.1) is 37.5 Å². The molecule has 1 N–H and O–H groups in total. The molecule has 0 fully saturated rings. The van der Waals surface area contributed by atoms with Crippen LogP contribution in [0.15, 0.2) is 84.9 Å². The quantitative estimate of drug-likeness (QED) is 0.395. The molecule has 0 saturated heterocycles. The van der Waals surface area contributed by atoms with Crippen molar-refractivity contribution in [3.8, 4) is 23.7 Å². The van der Waals surface area contributed by atoms with Gasteiger partial charge in [0.1, 0.15) is 6.29 Å². The topological polar surface area (TPSA) is 37.3 Å². The van der Waals surface area contributed by atoms with Gasteiger partial charge in [-0.25, -0.2) is 0 Å². The van der Waals surface area contributed by atoms with Crippen molar-refractivity contribution < 1.29 is 9.90 Å². The monoisotopic (exact) mass is 390 g/mol. The van der Waals surface area contributed by atoms with Gasteiger partial charge < -0.3 is 5.11 Å². The summed E-state index contributed by atoms with van der Waals surface area (Å²) in [6, 6.07) is 24.6. The fourth-order valence-corrected chi connectivity index (χ4v) is 2.90. The van der Waals surface area contributed by atoms with E-state index in [9.17, 15) is 9.90 Å². The van der Waals surface area contributed by atoms with Crippen molar-refractivity contribution >= 4 is 11.9 Å². The minimum absolute atomic E-state index is 0.522. The highest BCUT2D eigenvalue weighted by atomic mass is 16.3. The Hall–Kier alpha value is -3.85. The van der Waals surface area contributed by atoms with Gasteiger partial charge >= 0.3 is 0 Å². The van der Waals surface area contributed by atoms with Crippen molar-refractivity contribution in [2.75, 3.05) is 0 Å². The van der Waals surface area contributed by atoms with Crippen LogP contribution in [0.1, 0.15) is 27.8 Å². The van der Waals surface area contributed by atoms with Crippen LogP contribution in [0.5, 0.6) is 0 Å². The van der Waals surface area contributed by atoms with Crippen LogP contribution in [-0.4, -0.2) is 11.4 Å². The van der Waals surface area contributed by atoms with Crippen LogP contribution in [0.3, 0.4) is 0 Å². The summed E-state index contributed by atoms with van der Waals surface area (Å²) in [5.41, 5.74) is 3.16. The summed E-state index contributed by atoms with van der Waals surface area (Å²) in [6.07, 6.45) is 2.09. The lowest BCUT2D eigenvalue weighted by Crippen LogP contribution is -2.21. The molecule has 0 aromatic heterocycles. The number of rotatable bonds is 3. The molecule has 0 saturated carbocycles. The number of aryl methyl sites for hydroxylation is 2. The number of aldehydes is 1. The lowest BCUT2D eigenvalue weighted by Gasteiger charge is -2.17. The van der Waals surface area contributed by atoms with Gasteiger partial charge in [0.05, 0.1) is 0 Å². The van der Waals surface area contributed by atoms with E-state index >= 15 is 0 Å². The SMILES string of the molecule is Cc1ccc(C#CC(O)(C#C/C(=C\C=O)c2ccccc2)c2cccc(C)c2)cc1. The van der Waals surface area contributed by atoms with E-state index < -0.39 is 5.60 Å². The molecule has 0 heterocycles. The number of allylic oxidation sites excluding steroid dienone is 2.